The van der Waals surface area contributed by atoms with Crippen LogP contribution in [0, 0.1) is 5.92 Å². The number of nitrogens with zero attached hydrogens (tertiary/aromatic N) is 6. The van der Waals surface area contributed by atoms with Gasteiger partial charge in [0.2, 0.25) is 23.6 Å². The lowest BCUT2D eigenvalue weighted by Crippen LogP contribution is -2.65. The van der Waals surface area contributed by atoms with Crippen molar-refractivity contribution >= 4 is 46.8 Å². The number of halogens is 2. The Morgan fingerprint density at radius 1 is 0.892 bits per heavy atom. The molecule has 0 aliphatic carbocycles. The molecule has 2 saturated heterocycles. The molecule has 342 valence electrons. The van der Waals surface area contributed by atoms with Gasteiger partial charge in [0.15, 0.2) is 0 Å². The van der Waals surface area contributed by atoms with Crippen molar-refractivity contribution in [2.45, 2.75) is 69.7 Å². The predicted molar refractivity (Wildman–Crippen MR) is 249 cm³/mol. The largest absolute Gasteiger partial charge is 0.455 e. The Labute approximate surface area is 390 Å². The first-order valence-electron chi connectivity index (χ1n) is 21.8. The number of benzene rings is 3. The SMILES string of the molecule is COC[C@H]1NC(=O)[C@H](C)N(Cc2ccc(Cl)cc2Oc2ccc(-c3cnc(CN(C)C)n3C)nc2)C(=O)C[C@@H](Cc2ccccc2)C(=O)N2CCC[C@@](Cc3ccc(Cl)cc3)(C2)NC1=O. The van der Waals surface area contributed by atoms with Gasteiger partial charge in [0, 0.05) is 49.3 Å². The number of hydrogen-bond acceptors (Lipinski definition) is 9. The van der Waals surface area contributed by atoms with Crippen LogP contribution in [0.25, 0.3) is 11.4 Å². The van der Waals surface area contributed by atoms with Crippen molar-refractivity contribution < 1.29 is 28.7 Å². The van der Waals surface area contributed by atoms with E-state index < -0.39 is 41.3 Å². The number of pyridine rings is 1. The van der Waals surface area contributed by atoms with Crippen LogP contribution in [0.2, 0.25) is 10.0 Å². The fourth-order valence-electron chi connectivity index (χ4n) is 8.68. The molecule has 2 bridgehead atoms. The molecule has 4 atom stereocenters. The standard InChI is InChI=1S/C49H56Cl2N8O6/c1-32-46(61)54-41(30-64-5)47(62)55-49(25-34-12-15-37(50)16-13-34)20-9-21-58(31-49)48(63)36(22-33-10-7-6-8-11-33)23-45(60)59(32)28-35-14-17-38(51)24-43(35)65-39-18-19-40(52-26-39)42-27-53-44(57(42)4)29-56(2)3/h6-8,10-19,24,26-27,32,36,41H,9,20-23,25,28-31H2,1-5H3,(H,54,61)(H,55,62)/t32-,36+,41+,49+/m0/s1. The van der Waals surface area contributed by atoms with E-state index in [0.717, 1.165) is 22.6 Å². The number of fused-ring (bicyclic) bond motifs is 2. The van der Waals surface area contributed by atoms with Gasteiger partial charge in [0.05, 0.1) is 54.9 Å². The fraction of sp³-hybridized carbons (Fsp3) is 0.388. The Balaban J connectivity index is 1.21. The molecule has 3 aromatic carbocycles. The summed E-state index contributed by atoms with van der Waals surface area (Å²) in [6.07, 6.45) is 5.10. The summed E-state index contributed by atoms with van der Waals surface area (Å²) in [5.74, 6) is -0.780. The molecule has 0 saturated carbocycles. The number of ether oxygens (including phenoxy) is 2. The Morgan fingerprint density at radius 3 is 2.35 bits per heavy atom. The maximum Gasteiger partial charge on any atom is 0.245 e. The van der Waals surface area contributed by atoms with Crippen molar-refractivity contribution in [3.63, 3.8) is 0 Å². The van der Waals surface area contributed by atoms with Gasteiger partial charge in [-0.15, -0.1) is 0 Å². The molecule has 2 aliphatic rings. The molecule has 0 spiro atoms. The summed E-state index contributed by atoms with van der Waals surface area (Å²) < 4.78 is 13.9. The summed E-state index contributed by atoms with van der Waals surface area (Å²) in [7, 11) is 7.37. The Morgan fingerprint density at radius 2 is 1.65 bits per heavy atom. The van der Waals surface area contributed by atoms with E-state index in [1.807, 2.05) is 79.1 Å². The maximum atomic E-state index is 14.9. The fourth-order valence-corrected chi connectivity index (χ4v) is 8.97. The van der Waals surface area contributed by atoms with Gasteiger partial charge in [-0.3, -0.25) is 24.2 Å². The molecule has 4 heterocycles. The second-order valence-corrected chi connectivity index (χ2v) is 18.2. The number of nitrogens with one attached hydrogen (secondary N) is 2. The predicted octanol–water partition coefficient (Wildman–Crippen LogP) is 6.47. The molecule has 5 aromatic rings. The molecule has 16 heteroatoms. The highest BCUT2D eigenvalue weighted by Gasteiger charge is 2.43. The third-order valence-corrected chi connectivity index (χ3v) is 12.6. The summed E-state index contributed by atoms with van der Waals surface area (Å²) in [5.41, 5.74) is 3.03. The first kappa shape index (κ1) is 47.2. The van der Waals surface area contributed by atoms with Crippen LogP contribution in [0.3, 0.4) is 0 Å². The molecule has 2 aliphatic heterocycles. The summed E-state index contributed by atoms with van der Waals surface area (Å²) in [6.45, 7) is 2.72. The number of methoxy groups -OCH3 is 1. The van der Waals surface area contributed by atoms with Crippen LogP contribution in [0.5, 0.6) is 11.5 Å². The normalized spacial score (nSPS) is 21.0. The van der Waals surface area contributed by atoms with E-state index in [2.05, 4.69) is 20.6 Å². The zero-order valence-corrected chi connectivity index (χ0v) is 38.9. The van der Waals surface area contributed by atoms with E-state index in [1.54, 1.807) is 60.6 Å². The lowest BCUT2D eigenvalue weighted by Gasteiger charge is -2.45. The van der Waals surface area contributed by atoms with Gasteiger partial charge in [-0.05, 0) is 94.2 Å². The van der Waals surface area contributed by atoms with Gasteiger partial charge in [-0.1, -0.05) is 71.7 Å². The number of carbonyl (C=O) groups is 4. The van der Waals surface area contributed by atoms with E-state index in [4.69, 9.17) is 32.7 Å². The van der Waals surface area contributed by atoms with Crippen molar-refractivity contribution in [3.8, 4) is 22.9 Å². The zero-order chi connectivity index (χ0) is 46.3. The zero-order valence-electron chi connectivity index (χ0n) is 37.4. The number of amides is 4. The molecule has 2 aromatic heterocycles. The molecular formula is C49H56Cl2N8O6. The van der Waals surface area contributed by atoms with Gasteiger partial charge >= 0.3 is 0 Å². The van der Waals surface area contributed by atoms with Crippen LogP contribution in [0.15, 0.2) is 97.3 Å². The van der Waals surface area contributed by atoms with Crippen LogP contribution in [0.4, 0.5) is 0 Å². The molecule has 0 radical (unpaired) electrons. The molecular weight excluding hydrogens is 867 g/mol. The van der Waals surface area contributed by atoms with Gasteiger partial charge < -0.3 is 39.4 Å². The third kappa shape index (κ3) is 11.7. The Kier molecular flexibility index (Phi) is 15.2. The molecule has 0 unspecified atom stereocenters. The highest BCUT2D eigenvalue weighted by atomic mass is 35.5. The van der Waals surface area contributed by atoms with Crippen LogP contribution in [0.1, 0.15) is 48.7 Å². The Bertz CT molecular complexity index is 2470. The lowest BCUT2D eigenvalue weighted by molar-refractivity contribution is -0.147. The molecule has 4 amide bonds. The van der Waals surface area contributed by atoms with E-state index >= 15 is 0 Å². The topological polar surface area (TPSA) is 151 Å². The average Bonchev–Trinajstić information content (AvgIpc) is 3.64. The van der Waals surface area contributed by atoms with E-state index in [9.17, 15) is 19.2 Å². The average molecular weight is 924 g/mol. The maximum absolute atomic E-state index is 14.9. The minimum Gasteiger partial charge on any atom is -0.455 e. The van der Waals surface area contributed by atoms with E-state index in [0.29, 0.717) is 65.2 Å². The van der Waals surface area contributed by atoms with Crippen molar-refractivity contribution in [1.82, 2.24) is 39.9 Å². The number of imidazole rings is 1. The van der Waals surface area contributed by atoms with Crippen LogP contribution >= 0.6 is 23.2 Å². The highest BCUT2D eigenvalue weighted by molar-refractivity contribution is 6.31. The Hall–Kier alpha value is -5.80. The first-order valence-corrected chi connectivity index (χ1v) is 22.5. The smallest absolute Gasteiger partial charge is 0.245 e. The van der Waals surface area contributed by atoms with Crippen LogP contribution < -0.4 is 15.4 Å². The number of aromatic nitrogens is 3. The number of hydrogen-bond donors (Lipinski definition) is 2. The first-order chi connectivity index (χ1) is 31.2. The van der Waals surface area contributed by atoms with Gasteiger partial charge in [-0.2, -0.15) is 0 Å². The number of piperidine rings is 1. The van der Waals surface area contributed by atoms with E-state index in [1.165, 1.54) is 12.0 Å². The second kappa shape index (κ2) is 21.0. The van der Waals surface area contributed by atoms with Gasteiger partial charge in [0.25, 0.3) is 0 Å². The monoisotopic (exact) mass is 922 g/mol. The molecule has 65 heavy (non-hydrogen) atoms. The third-order valence-electron chi connectivity index (χ3n) is 12.1. The van der Waals surface area contributed by atoms with Crippen molar-refractivity contribution in [2.75, 3.05) is 40.9 Å². The molecule has 14 nitrogen and oxygen atoms in total. The van der Waals surface area contributed by atoms with Gasteiger partial charge in [-0.25, -0.2) is 4.98 Å². The van der Waals surface area contributed by atoms with Crippen molar-refractivity contribution in [2.24, 2.45) is 13.0 Å². The van der Waals surface area contributed by atoms with E-state index in [-0.39, 0.29) is 38.4 Å². The van der Waals surface area contributed by atoms with Crippen molar-refractivity contribution in [1.29, 1.82) is 0 Å². The van der Waals surface area contributed by atoms with Gasteiger partial charge in [0.1, 0.15) is 29.4 Å². The van der Waals surface area contributed by atoms with Crippen LogP contribution in [-0.4, -0.2) is 111 Å². The quantitative estimate of drug-likeness (QED) is 0.135. The van der Waals surface area contributed by atoms with Crippen LogP contribution in [-0.2, 0) is 56.9 Å². The lowest BCUT2D eigenvalue weighted by atomic mass is 9.81. The molecule has 2 fully saturated rings. The second-order valence-electron chi connectivity index (χ2n) is 17.3. The highest BCUT2D eigenvalue weighted by Crippen LogP contribution is 2.33. The van der Waals surface area contributed by atoms with Crippen molar-refractivity contribution in [3.05, 3.63) is 130 Å². The summed E-state index contributed by atoms with van der Waals surface area (Å²) in [6, 6.07) is 23.5. The summed E-state index contributed by atoms with van der Waals surface area (Å²) in [4.78, 5) is 73.1. The minimum absolute atomic E-state index is 0.0869. The summed E-state index contributed by atoms with van der Waals surface area (Å²) >= 11 is 12.8. The number of carbonyl (C=O) groups excluding carboxylic acids is 4. The summed E-state index contributed by atoms with van der Waals surface area (Å²) in [5, 5.41) is 7.14. The number of rotatable bonds is 13. The molecule has 7 rings (SSSR count). The molecule has 2 N–H and O–H groups in total. The minimum atomic E-state index is -1.11.